The largest absolute Gasteiger partial charge is 0.593 e. The molecule has 1 unspecified atom stereocenters. The third kappa shape index (κ3) is 2.54. The Hall–Kier alpha value is -0.510. The van der Waals surface area contributed by atoms with Crippen molar-refractivity contribution in [1.82, 2.24) is 4.72 Å². The zero-order chi connectivity index (χ0) is 10.7. The first-order valence-electron chi connectivity index (χ1n) is 5.58. The molecule has 1 N–H and O–H groups in total. The molecule has 3 heteroatoms. The molecule has 0 heterocycles. The Balaban J connectivity index is 2.08. The van der Waals surface area contributed by atoms with E-state index in [-0.39, 0.29) is 0 Å². The second-order valence-corrected chi connectivity index (χ2v) is 5.24. The van der Waals surface area contributed by atoms with E-state index in [0.717, 1.165) is 24.3 Å². The summed E-state index contributed by atoms with van der Waals surface area (Å²) in [4.78, 5) is 0.920. The van der Waals surface area contributed by atoms with Crippen molar-refractivity contribution in [2.45, 2.75) is 37.5 Å². The van der Waals surface area contributed by atoms with Crippen LogP contribution in [-0.2, 0) is 24.2 Å². The van der Waals surface area contributed by atoms with E-state index in [9.17, 15) is 4.55 Å². The van der Waals surface area contributed by atoms with Gasteiger partial charge in [-0.05, 0) is 48.9 Å². The summed E-state index contributed by atoms with van der Waals surface area (Å²) in [6, 6.07) is 6.22. The topological polar surface area (TPSA) is 35.1 Å². The fourth-order valence-electron chi connectivity index (χ4n) is 1.94. The van der Waals surface area contributed by atoms with E-state index in [1.807, 2.05) is 6.07 Å². The van der Waals surface area contributed by atoms with Crippen LogP contribution >= 0.6 is 0 Å². The Morgan fingerprint density at radius 3 is 2.93 bits per heavy atom. The van der Waals surface area contributed by atoms with Crippen molar-refractivity contribution in [1.29, 1.82) is 0 Å². The Morgan fingerprint density at radius 2 is 2.13 bits per heavy atom. The second kappa shape index (κ2) is 5.01. The highest BCUT2D eigenvalue weighted by Gasteiger charge is 2.16. The smallest absolute Gasteiger partial charge is 0.174 e. The predicted molar refractivity (Wildman–Crippen MR) is 63.2 cm³/mol. The number of rotatable bonds is 4. The minimum atomic E-state index is -1.03. The Morgan fingerprint density at radius 1 is 1.33 bits per heavy atom. The molecule has 82 valence electrons. The molecule has 0 bridgehead atoms. The van der Waals surface area contributed by atoms with Crippen LogP contribution in [0.5, 0.6) is 0 Å². The van der Waals surface area contributed by atoms with Gasteiger partial charge >= 0.3 is 0 Å². The van der Waals surface area contributed by atoms with Gasteiger partial charge in [-0.3, -0.25) is 0 Å². The third-order valence-electron chi connectivity index (χ3n) is 2.77. The Kier molecular flexibility index (Phi) is 3.67. The number of benzene rings is 1. The number of hydrogen-bond acceptors (Lipinski definition) is 2. The van der Waals surface area contributed by atoms with Gasteiger partial charge < -0.3 is 4.55 Å². The number of nitrogens with one attached hydrogen (secondary N) is 1. The molecule has 2 nitrogen and oxygen atoms in total. The zero-order valence-corrected chi connectivity index (χ0v) is 9.90. The Labute approximate surface area is 94.4 Å². The molecule has 1 aromatic carbocycles. The summed E-state index contributed by atoms with van der Waals surface area (Å²) < 4.78 is 14.8. The lowest BCUT2D eigenvalue weighted by Crippen LogP contribution is -2.24. The molecule has 0 spiro atoms. The molecule has 1 atom stereocenters. The molecule has 0 saturated carbocycles. The first-order valence-corrected chi connectivity index (χ1v) is 6.73. The van der Waals surface area contributed by atoms with Crippen molar-refractivity contribution in [2.24, 2.45) is 0 Å². The first kappa shape index (κ1) is 11.0. The molecule has 0 fully saturated rings. The fraction of sp³-hybridized carbons (Fsp3) is 0.500. The molecule has 0 aliphatic heterocycles. The van der Waals surface area contributed by atoms with E-state index >= 15 is 0 Å². The molecule has 1 aliphatic rings. The van der Waals surface area contributed by atoms with Crippen molar-refractivity contribution in [2.75, 3.05) is 6.54 Å². The summed E-state index contributed by atoms with van der Waals surface area (Å²) in [6.07, 6.45) is 4.59. The summed E-state index contributed by atoms with van der Waals surface area (Å²) in [5.74, 6) is 0. The summed E-state index contributed by atoms with van der Waals surface area (Å²) in [5.41, 5.74) is 2.82. The molecule has 0 amide bonds. The van der Waals surface area contributed by atoms with E-state index < -0.39 is 11.4 Å². The van der Waals surface area contributed by atoms with Gasteiger partial charge in [-0.25, -0.2) is 0 Å². The summed E-state index contributed by atoms with van der Waals surface area (Å²) in [5, 5.41) is 0. The van der Waals surface area contributed by atoms with Crippen LogP contribution in [0.4, 0.5) is 0 Å². The van der Waals surface area contributed by atoms with Crippen LogP contribution in [0.3, 0.4) is 0 Å². The minimum Gasteiger partial charge on any atom is -0.593 e. The van der Waals surface area contributed by atoms with Gasteiger partial charge in [0.25, 0.3) is 0 Å². The second-order valence-electron chi connectivity index (χ2n) is 3.95. The Bertz CT molecular complexity index is 340. The number of fused-ring (bicyclic) bond motifs is 1. The van der Waals surface area contributed by atoms with Crippen LogP contribution in [-0.4, -0.2) is 11.1 Å². The van der Waals surface area contributed by atoms with Crippen LogP contribution in [0.25, 0.3) is 0 Å². The van der Waals surface area contributed by atoms with Gasteiger partial charge in [0.2, 0.25) is 0 Å². The van der Waals surface area contributed by atoms with E-state index in [1.54, 1.807) is 0 Å². The molecule has 1 aliphatic carbocycles. The first-order chi connectivity index (χ1) is 7.31. The van der Waals surface area contributed by atoms with E-state index in [1.165, 1.54) is 24.0 Å². The normalized spacial score (nSPS) is 16.4. The van der Waals surface area contributed by atoms with Gasteiger partial charge in [0.1, 0.15) is 0 Å². The predicted octanol–water partition coefficient (Wildman–Crippen LogP) is 2.20. The monoisotopic (exact) mass is 223 g/mol. The third-order valence-corrected chi connectivity index (χ3v) is 3.92. The maximum atomic E-state index is 11.8. The van der Waals surface area contributed by atoms with Gasteiger partial charge in [0.15, 0.2) is 4.90 Å². The van der Waals surface area contributed by atoms with Crippen molar-refractivity contribution in [3.8, 4) is 0 Å². The van der Waals surface area contributed by atoms with Crippen LogP contribution < -0.4 is 4.72 Å². The van der Waals surface area contributed by atoms with Gasteiger partial charge in [-0.1, -0.05) is 13.0 Å². The van der Waals surface area contributed by atoms with Crippen LogP contribution in [0.15, 0.2) is 23.1 Å². The highest BCUT2D eigenvalue weighted by molar-refractivity contribution is 7.89. The molecule has 0 aromatic heterocycles. The number of hydrogen-bond donors (Lipinski definition) is 1. The average Bonchev–Trinajstić information content (AvgIpc) is 2.72. The molecular weight excluding hydrogens is 206 g/mol. The van der Waals surface area contributed by atoms with Crippen molar-refractivity contribution in [3.05, 3.63) is 29.3 Å². The van der Waals surface area contributed by atoms with Crippen molar-refractivity contribution < 1.29 is 4.55 Å². The van der Waals surface area contributed by atoms with Crippen molar-refractivity contribution >= 4 is 11.4 Å². The van der Waals surface area contributed by atoms with E-state index in [0.29, 0.717) is 0 Å². The average molecular weight is 223 g/mol. The zero-order valence-electron chi connectivity index (χ0n) is 9.08. The highest BCUT2D eigenvalue weighted by atomic mass is 32.2. The van der Waals surface area contributed by atoms with Gasteiger partial charge in [-0.2, -0.15) is 0 Å². The molecule has 1 aromatic rings. The standard InChI is InChI=1S/C12H17NOS/c1-2-8-13-15(14)12-7-6-10-4-3-5-11(10)9-12/h6-7,9,13H,2-5,8H2,1H3. The van der Waals surface area contributed by atoms with Gasteiger partial charge in [-0.15, -0.1) is 4.72 Å². The maximum absolute atomic E-state index is 11.8. The minimum absolute atomic E-state index is 0.809. The van der Waals surface area contributed by atoms with Crippen molar-refractivity contribution in [3.63, 3.8) is 0 Å². The van der Waals surface area contributed by atoms with E-state index in [4.69, 9.17) is 0 Å². The molecular formula is C12H17NOS. The van der Waals surface area contributed by atoms with Crippen LogP contribution in [0, 0.1) is 0 Å². The highest BCUT2D eigenvalue weighted by Crippen LogP contribution is 2.24. The van der Waals surface area contributed by atoms with Crippen LogP contribution in [0.1, 0.15) is 30.9 Å². The lowest BCUT2D eigenvalue weighted by molar-refractivity contribution is 0.579. The quantitative estimate of drug-likeness (QED) is 0.794. The summed E-state index contributed by atoms with van der Waals surface area (Å²) >= 11 is -1.03. The molecule has 2 rings (SSSR count). The van der Waals surface area contributed by atoms with Crippen LogP contribution in [0.2, 0.25) is 0 Å². The summed E-state index contributed by atoms with van der Waals surface area (Å²) in [6.45, 7) is 2.89. The lowest BCUT2D eigenvalue weighted by Gasteiger charge is -2.10. The molecule has 0 saturated heterocycles. The van der Waals surface area contributed by atoms with Gasteiger partial charge in [0, 0.05) is 6.54 Å². The molecule has 0 radical (unpaired) electrons. The summed E-state index contributed by atoms with van der Waals surface area (Å²) in [7, 11) is 0. The van der Waals surface area contributed by atoms with E-state index in [2.05, 4.69) is 23.8 Å². The number of aryl methyl sites for hydroxylation is 2. The maximum Gasteiger partial charge on any atom is 0.174 e. The molecule has 15 heavy (non-hydrogen) atoms. The SMILES string of the molecule is CCCN[S+]([O-])c1ccc2c(c1)CCC2. The van der Waals surface area contributed by atoms with Gasteiger partial charge in [0.05, 0.1) is 11.4 Å². The lowest BCUT2D eigenvalue weighted by atomic mass is 10.1. The fourth-order valence-corrected chi connectivity index (χ4v) is 2.94.